The number of amides is 1. The molecular formula is C20H25ClN2O3S2. The molecule has 0 aliphatic carbocycles. The molecule has 1 aliphatic heterocycles. The maximum Gasteiger partial charge on any atom is 0.253 e. The van der Waals surface area contributed by atoms with Crippen LogP contribution in [0.15, 0.2) is 40.6 Å². The van der Waals surface area contributed by atoms with E-state index in [4.69, 9.17) is 11.6 Å². The van der Waals surface area contributed by atoms with E-state index >= 15 is 0 Å². The number of rotatable bonds is 6. The molecule has 2 aromatic rings. The number of thiophene rings is 1. The summed E-state index contributed by atoms with van der Waals surface area (Å²) in [5, 5.41) is 3.61. The van der Waals surface area contributed by atoms with Gasteiger partial charge in [0.05, 0.1) is 0 Å². The summed E-state index contributed by atoms with van der Waals surface area (Å²) in [4.78, 5) is 13.8. The Labute approximate surface area is 175 Å². The van der Waals surface area contributed by atoms with Gasteiger partial charge in [0, 0.05) is 28.4 Å². The molecule has 0 radical (unpaired) electrons. The fourth-order valence-electron chi connectivity index (χ4n) is 3.39. The molecule has 1 fully saturated rings. The van der Waals surface area contributed by atoms with Gasteiger partial charge in [0.15, 0.2) is 0 Å². The molecule has 1 aliphatic rings. The van der Waals surface area contributed by atoms with Crippen molar-refractivity contribution in [1.29, 1.82) is 0 Å². The first kappa shape index (κ1) is 21.3. The van der Waals surface area contributed by atoms with E-state index in [1.165, 1.54) is 15.6 Å². The lowest BCUT2D eigenvalue weighted by molar-refractivity contribution is -0.124. The van der Waals surface area contributed by atoms with E-state index in [0.29, 0.717) is 35.2 Å². The van der Waals surface area contributed by atoms with E-state index in [2.05, 4.69) is 5.32 Å². The highest BCUT2D eigenvalue weighted by Gasteiger charge is 2.40. The summed E-state index contributed by atoms with van der Waals surface area (Å²) in [6.45, 7) is 6.69. The molecule has 1 amide bonds. The van der Waals surface area contributed by atoms with Gasteiger partial charge in [-0.2, -0.15) is 4.31 Å². The molecule has 1 atom stereocenters. The Morgan fingerprint density at radius 2 is 2.07 bits per heavy atom. The molecule has 1 N–H and O–H groups in total. The number of aryl methyl sites for hydroxylation is 1. The molecule has 0 spiro atoms. The largest absolute Gasteiger partial charge is 0.354 e. The smallest absolute Gasteiger partial charge is 0.253 e. The van der Waals surface area contributed by atoms with Gasteiger partial charge in [0.2, 0.25) is 5.91 Å². The Hall–Kier alpha value is -1.41. The summed E-state index contributed by atoms with van der Waals surface area (Å²) >= 11 is 7.32. The average Bonchev–Trinajstić information content (AvgIpc) is 3.29. The summed E-state index contributed by atoms with van der Waals surface area (Å²) in [5.74, 6) is -0.246. The highest BCUT2D eigenvalue weighted by molar-refractivity contribution is 7.91. The molecular weight excluding hydrogens is 416 g/mol. The maximum absolute atomic E-state index is 13.0. The van der Waals surface area contributed by atoms with Crippen molar-refractivity contribution in [3.63, 3.8) is 0 Å². The van der Waals surface area contributed by atoms with E-state index in [1.807, 2.05) is 45.0 Å². The first-order chi connectivity index (χ1) is 13.1. The Morgan fingerprint density at radius 1 is 1.32 bits per heavy atom. The highest BCUT2D eigenvalue weighted by Crippen LogP contribution is 2.30. The van der Waals surface area contributed by atoms with Crippen LogP contribution in [0.2, 0.25) is 5.02 Å². The minimum atomic E-state index is -3.65. The van der Waals surface area contributed by atoms with Crippen LogP contribution in [0.1, 0.15) is 37.1 Å². The zero-order valence-corrected chi connectivity index (χ0v) is 18.6. The first-order valence-corrected chi connectivity index (χ1v) is 11.9. The van der Waals surface area contributed by atoms with E-state index < -0.39 is 16.1 Å². The lowest BCUT2D eigenvalue weighted by atomic mass is 9.84. The van der Waals surface area contributed by atoms with E-state index in [9.17, 15) is 13.2 Å². The standard InChI is InChI=1S/C20H25ClN2O3S2/c1-14-9-10-18(27-14)28(25,26)23-11-5-8-17(23)19(24)22-13-20(2,3)15-6-4-7-16(21)12-15/h4,6-7,9-10,12,17H,5,8,11,13H2,1-3H3,(H,22,24). The van der Waals surface area contributed by atoms with Gasteiger partial charge in [-0.15, -0.1) is 11.3 Å². The maximum atomic E-state index is 13.0. The minimum absolute atomic E-state index is 0.246. The van der Waals surface area contributed by atoms with Crippen molar-refractivity contribution in [1.82, 2.24) is 9.62 Å². The quantitative estimate of drug-likeness (QED) is 0.739. The average molecular weight is 441 g/mol. The third kappa shape index (κ3) is 4.43. The lowest BCUT2D eigenvalue weighted by Gasteiger charge is -2.28. The Kier molecular flexibility index (Phi) is 6.20. The van der Waals surface area contributed by atoms with Crippen molar-refractivity contribution in [2.75, 3.05) is 13.1 Å². The number of sulfonamides is 1. The monoisotopic (exact) mass is 440 g/mol. The number of benzene rings is 1. The molecule has 2 heterocycles. The molecule has 1 aromatic carbocycles. The number of hydrogen-bond donors (Lipinski definition) is 1. The van der Waals surface area contributed by atoms with Crippen LogP contribution in [0.3, 0.4) is 0 Å². The normalized spacial score (nSPS) is 18.4. The van der Waals surface area contributed by atoms with E-state index in [0.717, 1.165) is 10.4 Å². The van der Waals surface area contributed by atoms with Crippen LogP contribution in [-0.2, 0) is 20.2 Å². The third-order valence-corrected chi connectivity index (χ3v) is 8.71. The van der Waals surface area contributed by atoms with Crippen LogP contribution in [0.4, 0.5) is 0 Å². The number of hydrogen-bond acceptors (Lipinski definition) is 4. The van der Waals surface area contributed by atoms with Crippen molar-refractivity contribution < 1.29 is 13.2 Å². The van der Waals surface area contributed by atoms with Crippen molar-refractivity contribution >= 4 is 38.9 Å². The second kappa shape index (κ2) is 8.14. The molecule has 0 saturated carbocycles. The molecule has 28 heavy (non-hydrogen) atoms. The predicted octanol–water partition coefficient (Wildman–Crippen LogP) is 3.96. The predicted molar refractivity (Wildman–Crippen MR) is 113 cm³/mol. The molecule has 0 bridgehead atoms. The van der Waals surface area contributed by atoms with Gasteiger partial charge in [-0.05, 0) is 49.6 Å². The topological polar surface area (TPSA) is 66.5 Å². The van der Waals surface area contributed by atoms with Gasteiger partial charge in [-0.1, -0.05) is 37.6 Å². The number of nitrogens with one attached hydrogen (secondary N) is 1. The summed E-state index contributed by atoms with van der Waals surface area (Å²) in [5.41, 5.74) is 0.693. The van der Waals surface area contributed by atoms with Crippen LogP contribution in [0, 0.1) is 6.92 Å². The third-order valence-electron chi connectivity index (χ3n) is 5.10. The molecule has 3 rings (SSSR count). The van der Waals surface area contributed by atoms with Crippen LogP contribution >= 0.6 is 22.9 Å². The van der Waals surface area contributed by atoms with Gasteiger partial charge in [-0.25, -0.2) is 8.42 Å². The molecule has 8 heteroatoms. The van der Waals surface area contributed by atoms with Crippen LogP contribution in [-0.4, -0.2) is 37.8 Å². The van der Waals surface area contributed by atoms with Gasteiger partial charge >= 0.3 is 0 Å². The zero-order chi connectivity index (χ0) is 20.5. The second-order valence-corrected chi connectivity index (χ2v) is 11.6. The number of carbonyl (C=O) groups excluding carboxylic acids is 1. The fourth-order valence-corrected chi connectivity index (χ4v) is 6.65. The Balaban J connectivity index is 1.71. The van der Waals surface area contributed by atoms with Gasteiger partial charge < -0.3 is 5.32 Å². The van der Waals surface area contributed by atoms with Gasteiger partial charge in [-0.3, -0.25) is 4.79 Å². The van der Waals surface area contributed by atoms with Crippen molar-refractivity contribution in [2.45, 2.75) is 49.3 Å². The highest BCUT2D eigenvalue weighted by atomic mass is 35.5. The summed E-state index contributed by atoms with van der Waals surface area (Å²) in [6, 6.07) is 10.3. The SMILES string of the molecule is Cc1ccc(S(=O)(=O)N2CCCC2C(=O)NCC(C)(C)c2cccc(Cl)c2)s1. The Morgan fingerprint density at radius 3 is 2.71 bits per heavy atom. The second-order valence-electron chi connectivity index (χ2n) is 7.75. The van der Waals surface area contributed by atoms with Crippen LogP contribution in [0.5, 0.6) is 0 Å². The first-order valence-electron chi connectivity index (χ1n) is 9.23. The zero-order valence-electron chi connectivity index (χ0n) is 16.2. The minimum Gasteiger partial charge on any atom is -0.354 e. The summed E-state index contributed by atoms with van der Waals surface area (Å²) < 4.78 is 27.6. The van der Waals surface area contributed by atoms with Gasteiger partial charge in [0.25, 0.3) is 10.0 Å². The number of nitrogens with zero attached hydrogens (tertiary/aromatic N) is 1. The number of carbonyl (C=O) groups is 1. The van der Waals surface area contributed by atoms with E-state index in [-0.39, 0.29) is 11.3 Å². The van der Waals surface area contributed by atoms with Crippen molar-refractivity contribution in [3.05, 3.63) is 51.9 Å². The Bertz CT molecular complexity index is 969. The lowest BCUT2D eigenvalue weighted by Crippen LogP contribution is -2.48. The van der Waals surface area contributed by atoms with Crippen LogP contribution < -0.4 is 5.32 Å². The van der Waals surface area contributed by atoms with E-state index in [1.54, 1.807) is 12.1 Å². The van der Waals surface area contributed by atoms with Crippen molar-refractivity contribution in [2.24, 2.45) is 0 Å². The molecule has 1 aromatic heterocycles. The van der Waals surface area contributed by atoms with Crippen LogP contribution in [0.25, 0.3) is 0 Å². The molecule has 5 nitrogen and oxygen atoms in total. The van der Waals surface area contributed by atoms with Crippen molar-refractivity contribution in [3.8, 4) is 0 Å². The molecule has 1 unspecified atom stereocenters. The summed E-state index contributed by atoms with van der Waals surface area (Å²) in [6.07, 6.45) is 1.21. The number of halogens is 1. The fraction of sp³-hybridized carbons (Fsp3) is 0.450. The summed E-state index contributed by atoms with van der Waals surface area (Å²) in [7, 11) is -3.65. The van der Waals surface area contributed by atoms with Gasteiger partial charge in [0.1, 0.15) is 10.3 Å². The molecule has 1 saturated heterocycles. The molecule has 152 valence electrons.